The predicted octanol–water partition coefficient (Wildman–Crippen LogP) is 3.86. The van der Waals surface area contributed by atoms with E-state index in [2.05, 4.69) is 0 Å². The molecular formula is C24H32N2O3. The van der Waals surface area contributed by atoms with Gasteiger partial charge in [-0.25, -0.2) is 9.59 Å². The maximum atomic E-state index is 12.7. The fourth-order valence-corrected chi connectivity index (χ4v) is 3.30. The van der Waals surface area contributed by atoms with Gasteiger partial charge >= 0.3 is 11.9 Å². The van der Waals surface area contributed by atoms with E-state index in [-0.39, 0.29) is 12.1 Å². The van der Waals surface area contributed by atoms with Crippen LogP contribution in [0.1, 0.15) is 69.7 Å². The number of nitrogens with two attached hydrogens (primary N) is 2. The quantitative estimate of drug-likeness (QED) is 0.522. The van der Waals surface area contributed by atoms with Crippen LogP contribution in [0.3, 0.4) is 0 Å². The number of benzene rings is 2. The predicted molar refractivity (Wildman–Crippen MR) is 116 cm³/mol. The molecule has 0 spiro atoms. The van der Waals surface area contributed by atoms with E-state index in [1.165, 1.54) is 0 Å². The fourth-order valence-electron chi connectivity index (χ4n) is 3.30. The molecule has 0 aliphatic heterocycles. The van der Waals surface area contributed by atoms with Gasteiger partial charge in [-0.3, -0.25) is 0 Å². The average Bonchev–Trinajstić information content (AvgIpc) is 2.70. The minimum absolute atomic E-state index is 0.0292. The molecule has 0 saturated carbocycles. The molecule has 0 fully saturated rings. The molecule has 0 radical (unpaired) electrons. The van der Waals surface area contributed by atoms with Crippen molar-refractivity contribution in [1.82, 2.24) is 0 Å². The molecule has 29 heavy (non-hydrogen) atoms. The van der Waals surface area contributed by atoms with Gasteiger partial charge in [0.25, 0.3) is 0 Å². The lowest BCUT2D eigenvalue weighted by atomic mass is 9.96. The molecule has 5 nitrogen and oxygen atoms in total. The normalized spacial score (nSPS) is 13.0. The summed E-state index contributed by atoms with van der Waals surface area (Å²) in [4.78, 5) is 25.4. The Morgan fingerprint density at radius 3 is 1.52 bits per heavy atom. The highest BCUT2D eigenvalue weighted by Crippen LogP contribution is 2.20. The second-order valence-corrected chi connectivity index (χ2v) is 7.60. The third kappa shape index (κ3) is 5.75. The zero-order valence-corrected chi connectivity index (χ0v) is 17.8. The molecule has 0 saturated heterocycles. The topological polar surface area (TPSA) is 95.4 Å². The van der Waals surface area contributed by atoms with Crippen LogP contribution in [0.5, 0.6) is 0 Å². The van der Waals surface area contributed by atoms with Gasteiger partial charge in [-0.2, -0.15) is 0 Å². The fraction of sp³-hybridized carbons (Fsp3) is 0.417. The van der Waals surface area contributed by atoms with Gasteiger partial charge in [0.15, 0.2) is 0 Å². The Morgan fingerprint density at radius 1 is 0.793 bits per heavy atom. The number of carbonyl (C=O) groups is 2. The summed E-state index contributed by atoms with van der Waals surface area (Å²) in [6.45, 7) is 7.77. The summed E-state index contributed by atoms with van der Waals surface area (Å²) in [5.74, 6) is -1.29. The number of hydrogen-bond donors (Lipinski definition) is 2. The number of rotatable bonds is 8. The first-order chi connectivity index (χ1) is 13.8. The van der Waals surface area contributed by atoms with E-state index in [1.807, 2.05) is 39.8 Å². The van der Waals surface area contributed by atoms with Crippen LogP contribution < -0.4 is 11.5 Å². The molecule has 0 amide bonds. The van der Waals surface area contributed by atoms with Crippen molar-refractivity contribution in [3.05, 3.63) is 69.8 Å². The van der Waals surface area contributed by atoms with E-state index in [4.69, 9.17) is 16.2 Å². The summed E-state index contributed by atoms with van der Waals surface area (Å²) in [7, 11) is 0. The molecule has 0 bridgehead atoms. The van der Waals surface area contributed by atoms with Gasteiger partial charge in [-0.05, 0) is 73.9 Å². The van der Waals surface area contributed by atoms with Gasteiger partial charge < -0.3 is 16.2 Å². The van der Waals surface area contributed by atoms with Crippen LogP contribution in [0.15, 0.2) is 36.4 Å². The van der Waals surface area contributed by atoms with Crippen molar-refractivity contribution in [3.63, 3.8) is 0 Å². The molecule has 0 aliphatic rings. The Kier molecular flexibility index (Phi) is 8.11. The summed E-state index contributed by atoms with van der Waals surface area (Å²) >= 11 is 0. The lowest BCUT2D eigenvalue weighted by Gasteiger charge is -2.15. The summed E-state index contributed by atoms with van der Waals surface area (Å²) in [5, 5.41) is 0. The van der Waals surface area contributed by atoms with Gasteiger partial charge in [0.05, 0.1) is 11.1 Å². The minimum atomic E-state index is -0.644. The summed E-state index contributed by atoms with van der Waals surface area (Å²) in [6, 6.07) is 10.9. The first kappa shape index (κ1) is 22.8. The Hall–Kier alpha value is -2.50. The highest BCUT2D eigenvalue weighted by atomic mass is 16.6. The van der Waals surface area contributed by atoms with E-state index < -0.39 is 11.9 Å². The van der Waals surface area contributed by atoms with E-state index in [0.29, 0.717) is 24.0 Å². The zero-order valence-electron chi connectivity index (χ0n) is 17.8. The Morgan fingerprint density at radius 2 is 1.17 bits per heavy atom. The van der Waals surface area contributed by atoms with Crippen molar-refractivity contribution in [2.75, 3.05) is 0 Å². The number of carbonyl (C=O) groups excluding carboxylic acids is 2. The van der Waals surface area contributed by atoms with Crippen LogP contribution >= 0.6 is 0 Å². The monoisotopic (exact) mass is 396 g/mol. The lowest BCUT2D eigenvalue weighted by Crippen LogP contribution is -2.23. The van der Waals surface area contributed by atoms with E-state index >= 15 is 0 Å². The van der Waals surface area contributed by atoms with Crippen molar-refractivity contribution in [2.24, 2.45) is 11.5 Å². The van der Waals surface area contributed by atoms with Gasteiger partial charge in [0, 0.05) is 12.1 Å². The number of hydrogen-bond acceptors (Lipinski definition) is 5. The molecule has 2 unspecified atom stereocenters. The van der Waals surface area contributed by atoms with Crippen LogP contribution in [0, 0.1) is 13.8 Å². The molecule has 4 N–H and O–H groups in total. The van der Waals surface area contributed by atoms with Crippen LogP contribution in [-0.2, 0) is 17.6 Å². The molecule has 2 aromatic carbocycles. The summed E-state index contributed by atoms with van der Waals surface area (Å²) in [6.07, 6.45) is 3.06. The standard InChI is InChI=1S/C24H32N2O3/c1-5-19(25)13-17-9-7-11-21(15(17)3)23(27)29-24(28)22-12-8-10-18(16(22)4)14-20(26)6-2/h7-12,19-20H,5-6,13-14,25-26H2,1-4H3. The molecule has 2 rings (SSSR count). The Balaban J connectivity index is 2.21. The second kappa shape index (κ2) is 10.3. The molecule has 0 aromatic heterocycles. The zero-order chi connectivity index (χ0) is 21.6. The van der Waals surface area contributed by atoms with Crippen molar-refractivity contribution in [1.29, 1.82) is 0 Å². The van der Waals surface area contributed by atoms with E-state index in [9.17, 15) is 9.59 Å². The maximum Gasteiger partial charge on any atom is 0.346 e. The van der Waals surface area contributed by atoms with E-state index in [1.54, 1.807) is 24.3 Å². The molecular weight excluding hydrogens is 364 g/mol. The highest BCUT2D eigenvalue weighted by Gasteiger charge is 2.21. The molecule has 2 atom stereocenters. The average molecular weight is 397 g/mol. The molecule has 2 aromatic rings. The molecule has 5 heteroatoms. The number of ether oxygens (including phenoxy) is 1. The SMILES string of the molecule is CCC(N)Cc1cccc(C(=O)OC(=O)c2cccc(CC(N)CC)c2C)c1C. The van der Waals surface area contributed by atoms with Gasteiger partial charge in [-0.15, -0.1) is 0 Å². The smallest absolute Gasteiger partial charge is 0.346 e. The number of esters is 2. The van der Waals surface area contributed by atoms with Crippen LogP contribution in [0.2, 0.25) is 0 Å². The highest BCUT2D eigenvalue weighted by molar-refractivity contribution is 6.04. The van der Waals surface area contributed by atoms with Gasteiger partial charge in [-0.1, -0.05) is 38.1 Å². The lowest BCUT2D eigenvalue weighted by molar-refractivity contribution is 0.0396. The maximum absolute atomic E-state index is 12.7. The summed E-state index contributed by atoms with van der Waals surface area (Å²) in [5.41, 5.74) is 16.5. The first-order valence-electron chi connectivity index (χ1n) is 10.2. The Bertz CT molecular complexity index is 805. The van der Waals surface area contributed by atoms with Crippen molar-refractivity contribution in [3.8, 4) is 0 Å². The largest absolute Gasteiger partial charge is 0.386 e. The van der Waals surface area contributed by atoms with Gasteiger partial charge in [0.2, 0.25) is 0 Å². The molecule has 0 aliphatic carbocycles. The second-order valence-electron chi connectivity index (χ2n) is 7.60. The first-order valence-corrected chi connectivity index (χ1v) is 10.2. The van der Waals surface area contributed by atoms with Crippen LogP contribution in [0.4, 0.5) is 0 Å². The van der Waals surface area contributed by atoms with Crippen LogP contribution in [-0.4, -0.2) is 24.0 Å². The van der Waals surface area contributed by atoms with Crippen LogP contribution in [0.25, 0.3) is 0 Å². The summed E-state index contributed by atoms with van der Waals surface area (Å²) < 4.78 is 5.22. The van der Waals surface area contributed by atoms with Crippen molar-refractivity contribution in [2.45, 2.75) is 65.5 Å². The van der Waals surface area contributed by atoms with Crippen molar-refractivity contribution >= 4 is 11.9 Å². The van der Waals surface area contributed by atoms with Crippen molar-refractivity contribution < 1.29 is 14.3 Å². The third-order valence-electron chi connectivity index (χ3n) is 5.53. The molecule has 0 heterocycles. The third-order valence-corrected chi connectivity index (χ3v) is 5.53. The van der Waals surface area contributed by atoms with E-state index in [0.717, 1.165) is 35.1 Å². The van der Waals surface area contributed by atoms with Gasteiger partial charge in [0.1, 0.15) is 0 Å². The Labute approximate surface area is 173 Å². The minimum Gasteiger partial charge on any atom is -0.386 e. The molecule has 156 valence electrons.